The fourth-order valence-electron chi connectivity index (χ4n) is 0.965. The van der Waals surface area contributed by atoms with Gasteiger partial charge in [-0.15, -0.1) is 16.7 Å². The number of aromatic nitrogens is 2. The van der Waals surface area contributed by atoms with Crippen LogP contribution in [-0.2, 0) is 5.88 Å². The Labute approximate surface area is 110 Å². The highest BCUT2D eigenvalue weighted by Gasteiger charge is 2.05. The molecule has 15 heavy (non-hydrogen) atoms. The van der Waals surface area contributed by atoms with Crippen LogP contribution in [0.4, 0.5) is 0 Å². The normalized spacial score (nSPS) is 10.3. The summed E-state index contributed by atoms with van der Waals surface area (Å²) in [5.41, 5.74) is 0. The summed E-state index contributed by atoms with van der Waals surface area (Å²) in [6, 6.07) is 7.74. The second-order valence-corrected chi connectivity index (χ2v) is 5.19. The first-order valence-corrected chi connectivity index (χ1v) is 6.52. The molecule has 1 aromatic carbocycles. The van der Waals surface area contributed by atoms with Crippen molar-refractivity contribution >= 4 is 45.5 Å². The van der Waals surface area contributed by atoms with Gasteiger partial charge in [0.05, 0.1) is 5.88 Å². The summed E-state index contributed by atoms with van der Waals surface area (Å²) in [6.45, 7) is 0. The lowest BCUT2D eigenvalue weighted by Crippen LogP contribution is -1.83. The molecule has 1 heterocycles. The first-order valence-electron chi connectivity index (χ1n) is 4.09. The lowest BCUT2D eigenvalue weighted by atomic mass is 10.3. The number of ether oxygens (including phenoxy) is 1. The first kappa shape index (κ1) is 11.1. The molecule has 0 aliphatic heterocycles. The minimum Gasteiger partial charge on any atom is -0.430 e. The van der Waals surface area contributed by atoms with Gasteiger partial charge in [-0.3, -0.25) is 0 Å². The highest BCUT2D eigenvalue weighted by Crippen LogP contribution is 2.26. The highest BCUT2D eigenvalue weighted by molar-refractivity contribution is 14.1. The van der Waals surface area contributed by atoms with Gasteiger partial charge in [-0.05, 0) is 40.8 Å². The van der Waals surface area contributed by atoms with Crippen molar-refractivity contribution < 1.29 is 4.74 Å². The van der Waals surface area contributed by atoms with Gasteiger partial charge in [-0.2, -0.15) is 0 Å². The van der Waals surface area contributed by atoms with Crippen molar-refractivity contribution in [1.29, 1.82) is 0 Å². The van der Waals surface area contributed by atoms with Gasteiger partial charge >= 0.3 is 0 Å². The molecular weight excluding hydrogens is 347 g/mol. The zero-order valence-corrected chi connectivity index (χ0v) is 11.2. The molecule has 0 spiro atoms. The SMILES string of the molecule is ClCc1nnc(Oc2cccc(I)c2)s1. The largest absolute Gasteiger partial charge is 0.430 e. The zero-order valence-electron chi connectivity index (χ0n) is 7.48. The maximum absolute atomic E-state index is 5.62. The van der Waals surface area contributed by atoms with Crippen LogP contribution in [0.1, 0.15) is 5.01 Å². The Balaban J connectivity index is 2.14. The van der Waals surface area contributed by atoms with Crippen LogP contribution in [0.5, 0.6) is 10.9 Å². The van der Waals surface area contributed by atoms with Crippen molar-refractivity contribution in [3.05, 3.63) is 32.8 Å². The second-order valence-electron chi connectivity index (χ2n) is 2.65. The molecule has 2 aromatic rings. The molecule has 0 atom stereocenters. The van der Waals surface area contributed by atoms with Crippen LogP contribution in [0, 0.1) is 3.57 Å². The number of hydrogen-bond acceptors (Lipinski definition) is 4. The highest BCUT2D eigenvalue weighted by atomic mass is 127. The van der Waals surface area contributed by atoms with Crippen LogP contribution in [0.3, 0.4) is 0 Å². The quantitative estimate of drug-likeness (QED) is 0.624. The average Bonchev–Trinajstić information content (AvgIpc) is 2.65. The van der Waals surface area contributed by atoms with Crippen LogP contribution < -0.4 is 4.74 Å². The van der Waals surface area contributed by atoms with Gasteiger partial charge in [0.1, 0.15) is 10.8 Å². The molecule has 0 aliphatic carbocycles. The molecule has 0 saturated carbocycles. The summed E-state index contributed by atoms with van der Waals surface area (Å²) in [5.74, 6) is 1.13. The molecule has 0 N–H and O–H groups in total. The fourth-order valence-corrected chi connectivity index (χ4v) is 2.25. The molecule has 78 valence electrons. The molecule has 0 saturated heterocycles. The molecule has 1 aromatic heterocycles. The van der Waals surface area contributed by atoms with Crippen LogP contribution in [0.25, 0.3) is 0 Å². The Morgan fingerprint density at radius 1 is 1.40 bits per heavy atom. The van der Waals surface area contributed by atoms with E-state index in [0.717, 1.165) is 14.3 Å². The number of rotatable bonds is 3. The predicted octanol–water partition coefficient (Wildman–Crippen LogP) is 3.67. The maximum Gasteiger partial charge on any atom is 0.299 e. The summed E-state index contributed by atoms with van der Waals surface area (Å²) in [4.78, 5) is 0. The monoisotopic (exact) mass is 352 g/mol. The van der Waals surface area contributed by atoms with E-state index in [2.05, 4.69) is 32.8 Å². The molecule has 0 amide bonds. The molecule has 3 nitrogen and oxygen atoms in total. The Kier molecular flexibility index (Phi) is 3.76. The summed E-state index contributed by atoms with van der Waals surface area (Å²) in [7, 11) is 0. The third kappa shape index (κ3) is 3.02. The molecule has 0 radical (unpaired) electrons. The zero-order chi connectivity index (χ0) is 10.7. The predicted molar refractivity (Wildman–Crippen MR) is 68.7 cm³/mol. The van der Waals surface area contributed by atoms with Crippen LogP contribution in [0.15, 0.2) is 24.3 Å². The third-order valence-corrected chi connectivity index (χ3v) is 3.45. The van der Waals surface area contributed by atoms with Gasteiger partial charge in [0.25, 0.3) is 5.19 Å². The van der Waals surface area contributed by atoms with Crippen molar-refractivity contribution in [1.82, 2.24) is 10.2 Å². The Bertz CT molecular complexity index is 463. The Morgan fingerprint density at radius 2 is 2.27 bits per heavy atom. The minimum atomic E-state index is 0.368. The molecule has 0 aliphatic rings. The maximum atomic E-state index is 5.62. The fraction of sp³-hybridized carbons (Fsp3) is 0.111. The third-order valence-electron chi connectivity index (χ3n) is 1.56. The molecular formula is C9H6ClIN2OS. The van der Waals surface area contributed by atoms with Gasteiger partial charge in [-0.1, -0.05) is 22.5 Å². The summed E-state index contributed by atoms with van der Waals surface area (Å²) >= 11 is 9.20. The van der Waals surface area contributed by atoms with Crippen LogP contribution >= 0.6 is 45.5 Å². The average molecular weight is 353 g/mol. The van der Waals surface area contributed by atoms with Crippen molar-refractivity contribution in [3.8, 4) is 10.9 Å². The molecule has 0 unspecified atom stereocenters. The summed E-state index contributed by atoms with van der Waals surface area (Å²) in [5, 5.41) is 9.02. The van der Waals surface area contributed by atoms with E-state index in [1.54, 1.807) is 0 Å². The van der Waals surface area contributed by atoms with Gasteiger partial charge in [0.2, 0.25) is 0 Å². The topological polar surface area (TPSA) is 35.0 Å². The Morgan fingerprint density at radius 3 is 2.93 bits per heavy atom. The lowest BCUT2D eigenvalue weighted by Gasteiger charge is -2.00. The number of halogens is 2. The minimum absolute atomic E-state index is 0.368. The first-order chi connectivity index (χ1) is 7.28. The van der Waals surface area contributed by atoms with E-state index >= 15 is 0 Å². The number of hydrogen-bond donors (Lipinski definition) is 0. The smallest absolute Gasteiger partial charge is 0.299 e. The van der Waals surface area contributed by atoms with E-state index in [1.165, 1.54) is 11.3 Å². The standard InChI is InChI=1S/C9H6ClIN2OS/c10-5-8-12-13-9(15-8)14-7-3-1-2-6(11)4-7/h1-4H,5H2. The summed E-state index contributed by atoms with van der Waals surface area (Å²) < 4.78 is 6.64. The van der Waals surface area contributed by atoms with E-state index < -0.39 is 0 Å². The van der Waals surface area contributed by atoms with Crippen molar-refractivity contribution in [2.24, 2.45) is 0 Å². The molecule has 2 rings (SSSR count). The molecule has 6 heteroatoms. The lowest BCUT2D eigenvalue weighted by molar-refractivity contribution is 0.473. The van der Waals surface area contributed by atoms with Gasteiger partial charge < -0.3 is 4.74 Å². The second kappa shape index (κ2) is 5.09. The van der Waals surface area contributed by atoms with Crippen molar-refractivity contribution in [2.45, 2.75) is 5.88 Å². The summed E-state index contributed by atoms with van der Waals surface area (Å²) in [6.07, 6.45) is 0. The molecule has 0 fully saturated rings. The van der Waals surface area contributed by atoms with Gasteiger partial charge in [0, 0.05) is 3.57 Å². The van der Waals surface area contributed by atoms with Crippen molar-refractivity contribution in [2.75, 3.05) is 0 Å². The van der Waals surface area contributed by atoms with Gasteiger partial charge in [0.15, 0.2) is 0 Å². The van der Waals surface area contributed by atoms with Crippen LogP contribution in [-0.4, -0.2) is 10.2 Å². The number of alkyl halides is 1. The number of nitrogens with zero attached hydrogens (tertiary/aromatic N) is 2. The van der Waals surface area contributed by atoms with Gasteiger partial charge in [-0.25, -0.2) is 0 Å². The van der Waals surface area contributed by atoms with Crippen molar-refractivity contribution in [3.63, 3.8) is 0 Å². The van der Waals surface area contributed by atoms with E-state index in [1.807, 2.05) is 24.3 Å². The number of benzene rings is 1. The van der Waals surface area contributed by atoms with E-state index in [-0.39, 0.29) is 0 Å². The Hall–Kier alpha value is -0.400. The molecule has 0 bridgehead atoms. The van der Waals surface area contributed by atoms with Crippen LogP contribution in [0.2, 0.25) is 0 Å². The van der Waals surface area contributed by atoms with E-state index in [0.29, 0.717) is 11.1 Å². The van der Waals surface area contributed by atoms with E-state index in [9.17, 15) is 0 Å². The van der Waals surface area contributed by atoms with E-state index in [4.69, 9.17) is 16.3 Å².